The first-order valence-corrected chi connectivity index (χ1v) is 11.3. The highest BCUT2D eigenvalue weighted by atomic mass is 79.9. The summed E-state index contributed by atoms with van der Waals surface area (Å²) < 4.78 is 0.917. The Bertz CT molecular complexity index is 680. The molecule has 1 saturated heterocycles. The van der Waals surface area contributed by atoms with Crippen LogP contribution in [0.15, 0.2) is 28.7 Å². The van der Waals surface area contributed by atoms with Crippen molar-refractivity contribution in [2.75, 3.05) is 32.7 Å². The van der Waals surface area contributed by atoms with Gasteiger partial charge >= 0.3 is 0 Å². The first kappa shape index (κ1) is 21.3. The van der Waals surface area contributed by atoms with Gasteiger partial charge in [0.25, 0.3) is 5.91 Å². The lowest BCUT2D eigenvalue weighted by Crippen LogP contribution is -2.58. The van der Waals surface area contributed by atoms with Crippen LogP contribution in [0.4, 0.5) is 0 Å². The van der Waals surface area contributed by atoms with E-state index < -0.39 is 0 Å². The predicted octanol–water partition coefficient (Wildman–Crippen LogP) is 3.54. The highest BCUT2D eigenvalue weighted by Gasteiger charge is 2.37. The molecule has 1 N–H and O–H groups in total. The number of halogens is 1. The van der Waals surface area contributed by atoms with E-state index >= 15 is 0 Å². The van der Waals surface area contributed by atoms with E-state index in [-0.39, 0.29) is 17.9 Å². The number of benzene rings is 1. The Morgan fingerprint density at radius 2 is 1.82 bits per heavy atom. The number of nitrogens with zero attached hydrogens (tertiary/aromatic N) is 2. The van der Waals surface area contributed by atoms with Crippen LogP contribution in [-0.4, -0.2) is 60.4 Å². The number of carbonyl (C=O) groups is 2. The fraction of sp³-hybridized carbons (Fsp3) is 0.636. The normalized spacial score (nSPS) is 19.8. The van der Waals surface area contributed by atoms with Crippen molar-refractivity contribution in [2.45, 2.75) is 45.6 Å². The van der Waals surface area contributed by atoms with Gasteiger partial charge in [-0.05, 0) is 42.9 Å². The number of carbonyl (C=O) groups excluding carboxylic acids is 2. The zero-order valence-electron chi connectivity index (χ0n) is 17.0. The topological polar surface area (TPSA) is 52.7 Å². The Balaban J connectivity index is 1.62. The zero-order chi connectivity index (χ0) is 20.1. The van der Waals surface area contributed by atoms with Crippen molar-refractivity contribution in [1.29, 1.82) is 0 Å². The van der Waals surface area contributed by atoms with Crippen LogP contribution in [0.1, 0.15) is 49.9 Å². The standard InChI is InChI=1S/C22H32BrN3O2/c1-16(2)15-24-21(27)20(17-6-3-4-7-17)25-10-12-26(13-11-25)22(28)18-8-5-9-19(23)14-18/h5,8-9,14,16-17,20H,3-4,6-7,10-13,15H2,1-2H3,(H,24,27)/t20-/m0/s1. The molecule has 2 aliphatic rings. The quantitative estimate of drug-likeness (QED) is 0.722. The van der Waals surface area contributed by atoms with Crippen molar-refractivity contribution in [1.82, 2.24) is 15.1 Å². The average molecular weight is 450 g/mol. The molecule has 1 saturated carbocycles. The van der Waals surface area contributed by atoms with Crippen LogP contribution < -0.4 is 5.32 Å². The molecular weight excluding hydrogens is 418 g/mol. The monoisotopic (exact) mass is 449 g/mol. The summed E-state index contributed by atoms with van der Waals surface area (Å²) in [6.45, 7) is 7.84. The van der Waals surface area contributed by atoms with Crippen molar-refractivity contribution in [3.63, 3.8) is 0 Å². The third-order valence-electron chi connectivity index (χ3n) is 5.87. The summed E-state index contributed by atoms with van der Waals surface area (Å²) >= 11 is 3.44. The highest BCUT2D eigenvalue weighted by Crippen LogP contribution is 2.31. The lowest BCUT2D eigenvalue weighted by molar-refractivity contribution is -0.129. The summed E-state index contributed by atoms with van der Waals surface area (Å²) in [6, 6.07) is 7.50. The van der Waals surface area contributed by atoms with Gasteiger partial charge in [0, 0.05) is 42.8 Å². The first-order valence-electron chi connectivity index (χ1n) is 10.5. The van der Waals surface area contributed by atoms with E-state index in [1.54, 1.807) is 0 Å². The van der Waals surface area contributed by atoms with E-state index in [1.165, 1.54) is 12.8 Å². The molecule has 0 bridgehead atoms. The van der Waals surface area contributed by atoms with Crippen molar-refractivity contribution in [2.24, 2.45) is 11.8 Å². The van der Waals surface area contributed by atoms with Crippen molar-refractivity contribution >= 4 is 27.7 Å². The first-order chi connectivity index (χ1) is 13.5. The molecule has 1 aliphatic heterocycles. The van der Waals surface area contributed by atoms with Crippen molar-refractivity contribution < 1.29 is 9.59 Å². The molecule has 6 heteroatoms. The SMILES string of the molecule is CC(C)CNC(=O)[C@H](C1CCCC1)N1CCN(C(=O)c2cccc(Br)c2)CC1. The lowest BCUT2D eigenvalue weighted by Gasteiger charge is -2.41. The predicted molar refractivity (Wildman–Crippen MR) is 115 cm³/mol. The second-order valence-electron chi connectivity index (χ2n) is 8.47. The molecule has 0 unspecified atom stereocenters. The molecule has 3 rings (SSSR count). The van der Waals surface area contributed by atoms with E-state index in [0.717, 1.165) is 36.9 Å². The fourth-order valence-corrected chi connectivity index (χ4v) is 4.77. The summed E-state index contributed by atoms with van der Waals surface area (Å²) in [4.78, 5) is 30.0. The number of piperazine rings is 1. The smallest absolute Gasteiger partial charge is 0.253 e. The lowest BCUT2D eigenvalue weighted by atomic mass is 9.94. The van der Waals surface area contributed by atoms with Crippen molar-refractivity contribution in [3.8, 4) is 0 Å². The van der Waals surface area contributed by atoms with E-state index in [2.05, 4.69) is 40.0 Å². The number of rotatable bonds is 6. The molecule has 5 nitrogen and oxygen atoms in total. The highest BCUT2D eigenvalue weighted by molar-refractivity contribution is 9.10. The molecule has 1 aliphatic carbocycles. The molecule has 2 amide bonds. The second-order valence-corrected chi connectivity index (χ2v) is 9.38. The maximum absolute atomic E-state index is 13.0. The van der Waals surface area contributed by atoms with Crippen LogP contribution in [0.25, 0.3) is 0 Å². The second kappa shape index (κ2) is 9.88. The molecule has 1 aromatic carbocycles. The van der Waals surface area contributed by atoms with E-state index in [4.69, 9.17) is 0 Å². The fourth-order valence-electron chi connectivity index (χ4n) is 4.37. The average Bonchev–Trinajstić information content (AvgIpc) is 3.21. The van der Waals surface area contributed by atoms with Gasteiger partial charge in [-0.3, -0.25) is 14.5 Å². The van der Waals surface area contributed by atoms with E-state index in [1.807, 2.05) is 29.2 Å². The summed E-state index contributed by atoms with van der Waals surface area (Å²) in [7, 11) is 0. The molecule has 0 aromatic heterocycles. The maximum Gasteiger partial charge on any atom is 0.253 e. The van der Waals surface area contributed by atoms with Crippen LogP contribution >= 0.6 is 15.9 Å². The van der Waals surface area contributed by atoms with Gasteiger partial charge in [0.15, 0.2) is 0 Å². The summed E-state index contributed by atoms with van der Waals surface area (Å²) in [5.74, 6) is 1.14. The molecule has 28 heavy (non-hydrogen) atoms. The van der Waals surface area contributed by atoms with Gasteiger partial charge in [0.1, 0.15) is 0 Å². The van der Waals surface area contributed by atoms with Crippen LogP contribution in [0.5, 0.6) is 0 Å². The largest absolute Gasteiger partial charge is 0.354 e. The van der Waals surface area contributed by atoms with Gasteiger partial charge < -0.3 is 10.2 Å². The minimum absolute atomic E-state index is 0.0515. The number of hydrogen-bond donors (Lipinski definition) is 1. The Morgan fingerprint density at radius 3 is 2.43 bits per heavy atom. The molecular formula is C22H32BrN3O2. The van der Waals surface area contributed by atoms with Crippen LogP contribution in [0.2, 0.25) is 0 Å². The third-order valence-corrected chi connectivity index (χ3v) is 6.36. The summed E-state index contributed by atoms with van der Waals surface area (Å²) in [5, 5.41) is 3.16. The van der Waals surface area contributed by atoms with Gasteiger partial charge in [-0.1, -0.05) is 48.7 Å². The zero-order valence-corrected chi connectivity index (χ0v) is 18.6. The van der Waals surface area contributed by atoms with Gasteiger partial charge in [0.2, 0.25) is 5.91 Å². The number of hydrogen-bond acceptors (Lipinski definition) is 3. The maximum atomic E-state index is 13.0. The minimum Gasteiger partial charge on any atom is -0.354 e. The molecule has 1 aromatic rings. The van der Waals surface area contributed by atoms with Crippen LogP contribution in [-0.2, 0) is 4.79 Å². The van der Waals surface area contributed by atoms with E-state index in [9.17, 15) is 9.59 Å². The molecule has 1 heterocycles. The van der Waals surface area contributed by atoms with Crippen molar-refractivity contribution in [3.05, 3.63) is 34.3 Å². The third kappa shape index (κ3) is 5.35. The molecule has 0 spiro atoms. The molecule has 154 valence electrons. The number of nitrogens with one attached hydrogen (secondary N) is 1. The molecule has 2 fully saturated rings. The Hall–Kier alpha value is -1.40. The van der Waals surface area contributed by atoms with Gasteiger partial charge in [-0.15, -0.1) is 0 Å². The summed E-state index contributed by atoms with van der Waals surface area (Å²) in [6.07, 6.45) is 4.72. The molecule has 0 radical (unpaired) electrons. The van der Waals surface area contributed by atoms with E-state index in [0.29, 0.717) is 30.5 Å². The van der Waals surface area contributed by atoms with Crippen LogP contribution in [0.3, 0.4) is 0 Å². The number of amides is 2. The summed E-state index contributed by atoms with van der Waals surface area (Å²) in [5.41, 5.74) is 0.713. The minimum atomic E-state index is -0.0515. The Morgan fingerprint density at radius 1 is 1.14 bits per heavy atom. The Kier molecular flexibility index (Phi) is 7.52. The van der Waals surface area contributed by atoms with Gasteiger partial charge in [-0.2, -0.15) is 0 Å². The van der Waals surface area contributed by atoms with Gasteiger partial charge in [0.05, 0.1) is 6.04 Å². The Labute approximate surface area is 177 Å². The van der Waals surface area contributed by atoms with Gasteiger partial charge in [-0.25, -0.2) is 0 Å². The molecule has 1 atom stereocenters. The van der Waals surface area contributed by atoms with Crippen LogP contribution in [0, 0.1) is 11.8 Å².